The average molecular weight is 406 g/mol. The zero-order chi connectivity index (χ0) is 19.6. The van der Waals surface area contributed by atoms with Crippen LogP contribution < -0.4 is 10.2 Å². The summed E-state index contributed by atoms with van der Waals surface area (Å²) in [4.78, 5) is 28.5. The highest BCUT2D eigenvalue weighted by Crippen LogP contribution is 2.28. The summed E-state index contributed by atoms with van der Waals surface area (Å²) >= 11 is 7.40. The number of carbonyl (C=O) groups is 1. The summed E-state index contributed by atoms with van der Waals surface area (Å²) in [6.45, 7) is 2.15. The lowest BCUT2D eigenvalue weighted by molar-refractivity contribution is -0.902. The minimum atomic E-state index is -0.568. The zero-order valence-electron chi connectivity index (χ0n) is 14.7. The third kappa shape index (κ3) is 4.41. The Kier molecular flexibility index (Phi) is 5.69. The highest BCUT2D eigenvalue weighted by Gasteiger charge is 2.23. The van der Waals surface area contributed by atoms with Gasteiger partial charge in [-0.05, 0) is 31.2 Å². The predicted octanol–water partition coefficient (Wildman–Crippen LogP) is 3.07. The van der Waals surface area contributed by atoms with Crippen LogP contribution in [0.25, 0.3) is 10.2 Å². The van der Waals surface area contributed by atoms with Crippen LogP contribution in [0.4, 0.5) is 11.4 Å². The van der Waals surface area contributed by atoms with E-state index in [1.54, 1.807) is 11.3 Å². The third-order valence-electron chi connectivity index (χ3n) is 4.29. The summed E-state index contributed by atoms with van der Waals surface area (Å²) in [5, 5.41) is 14.9. The number of nitro groups is 1. The molecular formula is C18H18ClN4O3S+. The van der Waals surface area contributed by atoms with Crippen LogP contribution in [0.2, 0.25) is 5.02 Å². The minimum Gasteiger partial charge on any atom is -0.322 e. The maximum absolute atomic E-state index is 12.4. The molecule has 2 atom stereocenters. The van der Waals surface area contributed by atoms with Gasteiger partial charge in [0.25, 0.3) is 11.6 Å². The Morgan fingerprint density at radius 3 is 2.81 bits per heavy atom. The van der Waals surface area contributed by atoms with Crippen molar-refractivity contribution in [2.75, 3.05) is 18.9 Å². The number of rotatable bonds is 6. The number of hydrogen-bond acceptors (Lipinski definition) is 5. The van der Waals surface area contributed by atoms with E-state index in [-0.39, 0.29) is 34.9 Å². The van der Waals surface area contributed by atoms with E-state index >= 15 is 0 Å². The standard InChI is InChI=1S/C18H17ClN4O3S/c1-11(18-21-14-5-3-4-6-16(14)27-18)22(2)10-17(24)20-13-8-7-12(19)9-15(13)23(25)26/h3-9,11H,10H2,1-2H3,(H,20,24)/p+1/t11-/m1/s1. The molecule has 3 aromatic rings. The molecule has 2 N–H and O–H groups in total. The fourth-order valence-electron chi connectivity index (χ4n) is 2.65. The van der Waals surface area contributed by atoms with Crippen molar-refractivity contribution in [3.63, 3.8) is 0 Å². The number of hydrogen-bond donors (Lipinski definition) is 2. The highest BCUT2D eigenvalue weighted by atomic mass is 35.5. The maximum atomic E-state index is 12.4. The maximum Gasteiger partial charge on any atom is 0.294 e. The molecule has 0 spiro atoms. The van der Waals surface area contributed by atoms with Crippen molar-refractivity contribution in [2.45, 2.75) is 13.0 Å². The molecule has 1 unspecified atom stereocenters. The molecule has 0 fully saturated rings. The molecule has 140 valence electrons. The van der Waals surface area contributed by atoms with Gasteiger partial charge in [0, 0.05) is 11.1 Å². The van der Waals surface area contributed by atoms with Gasteiger partial charge in [0.05, 0.1) is 22.2 Å². The van der Waals surface area contributed by atoms with Crippen LogP contribution in [0, 0.1) is 10.1 Å². The van der Waals surface area contributed by atoms with Gasteiger partial charge in [-0.3, -0.25) is 14.9 Å². The van der Waals surface area contributed by atoms with Gasteiger partial charge in [-0.15, -0.1) is 11.3 Å². The molecular weight excluding hydrogens is 388 g/mol. The summed E-state index contributed by atoms with van der Waals surface area (Å²) in [5.74, 6) is -0.314. The van der Waals surface area contributed by atoms with E-state index in [0.717, 1.165) is 20.1 Å². The molecule has 1 heterocycles. The molecule has 0 aliphatic carbocycles. The van der Waals surface area contributed by atoms with E-state index in [0.29, 0.717) is 0 Å². The fraction of sp³-hybridized carbons (Fsp3) is 0.222. The molecule has 0 aliphatic heterocycles. The Hall–Kier alpha value is -2.55. The first-order chi connectivity index (χ1) is 12.8. The summed E-state index contributed by atoms with van der Waals surface area (Å²) in [7, 11) is 1.90. The van der Waals surface area contributed by atoms with Crippen molar-refractivity contribution in [3.05, 3.63) is 62.6 Å². The van der Waals surface area contributed by atoms with Crippen LogP contribution in [-0.2, 0) is 4.79 Å². The number of fused-ring (bicyclic) bond motifs is 1. The average Bonchev–Trinajstić information content (AvgIpc) is 3.06. The predicted molar refractivity (Wildman–Crippen MR) is 107 cm³/mol. The molecule has 2 aromatic carbocycles. The number of carbonyl (C=O) groups excluding carboxylic acids is 1. The van der Waals surface area contributed by atoms with Gasteiger partial charge in [0.15, 0.2) is 11.6 Å². The van der Waals surface area contributed by atoms with E-state index < -0.39 is 4.92 Å². The molecule has 0 bridgehead atoms. The van der Waals surface area contributed by atoms with Gasteiger partial charge in [-0.25, -0.2) is 4.98 Å². The number of thiazole rings is 1. The van der Waals surface area contributed by atoms with E-state index in [4.69, 9.17) is 11.6 Å². The molecule has 27 heavy (non-hydrogen) atoms. The van der Waals surface area contributed by atoms with Crippen LogP contribution >= 0.6 is 22.9 Å². The Labute approximate surface area is 164 Å². The van der Waals surface area contributed by atoms with E-state index in [1.165, 1.54) is 18.2 Å². The van der Waals surface area contributed by atoms with Gasteiger partial charge in [0.2, 0.25) is 0 Å². The van der Waals surface area contributed by atoms with Crippen molar-refractivity contribution < 1.29 is 14.6 Å². The third-order valence-corrected chi connectivity index (χ3v) is 5.74. The smallest absolute Gasteiger partial charge is 0.294 e. The lowest BCUT2D eigenvalue weighted by Crippen LogP contribution is -3.10. The minimum absolute atomic E-state index is 0.00773. The first-order valence-electron chi connectivity index (χ1n) is 8.26. The lowest BCUT2D eigenvalue weighted by Gasteiger charge is -2.19. The number of nitrogens with one attached hydrogen (secondary N) is 2. The second-order valence-corrected chi connectivity index (χ2v) is 7.73. The van der Waals surface area contributed by atoms with E-state index in [9.17, 15) is 14.9 Å². The summed E-state index contributed by atoms with van der Waals surface area (Å²) in [6.07, 6.45) is 0. The quantitative estimate of drug-likeness (QED) is 0.487. The van der Waals surface area contributed by atoms with Crippen molar-refractivity contribution in [3.8, 4) is 0 Å². The number of benzene rings is 2. The fourth-order valence-corrected chi connectivity index (χ4v) is 3.93. The summed E-state index contributed by atoms with van der Waals surface area (Å²) in [5.41, 5.74) is 0.848. The topological polar surface area (TPSA) is 89.6 Å². The number of para-hydroxylation sites is 1. The number of halogens is 1. The van der Waals surface area contributed by atoms with E-state index in [1.807, 2.05) is 38.2 Å². The number of amides is 1. The summed E-state index contributed by atoms with van der Waals surface area (Å²) < 4.78 is 1.10. The molecule has 1 amide bonds. The molecule has 9 heteroatoms. The normalized spacial score (nSPS) is 13.3. The SMILES string of the molecule is C[C@H](c1nc2ccccc2s1)[NH+](C)CC(=O)Nc1ccc(Cl)cc1[N+](=O)[O-]. The number of aromatic nitrogens is 1. The van der Waals surface area contributed by atoms with Crippen LogP contribution in [0.15, 0.2) is 42.5 Å². The van der Waals surface area contributed by atoms with Crippen LogP contribution in [0.3, 0.4) is 0 Å². The zero-order valence-corrected chi connectivity index (χ0v) is 16.3. The largest absolute Gasteiger partial charge is 0.322 e. The Morgan fingerprint density at radius 1 is 1.37 bits per heavy atom. The Balaban J connectivity index is 1.69. The van der Waals surface area contributed by atoms with Gasteiger partial charge < -0.3 is 10.2 Å². The molecule has 0 saturated carbocycles. The molecule has 0 radical (unpaired) electrons. The van der Waals surface area contributed by atoms with Crippen molar-refractivity contribution in [2.24, 2.45) is 0 Å². The first-order valence-corrected chi connectivity index (χ1v) is 9.46. The molecule has 0 aliphatic rings. The molecule has 0 saturated heterocycles. The highest BCUT2D eigenvalue weighted by molar-refractivity contribution is 7.18. The molecule has 7 nitrogen and oxygen atoms in total. The van der Waals surface area contributed by atoms with Crippen molar-refractivity contribution in [1.82, 2.24) is 4.98 Å². The van der Waals surface area contributed by atoms with E-state index in [2.05, 4.69) is 10.3 Å². The first kappa shape index (κ1) is 19.2. The summed E-state index contributed by atoms with van der Waals surface area (Å²) in [6, 6.07) is 12.1. The monoisotopic (exact) mass is 405 g/mol. The number of anilines is 1. The second-order valence-electron chi connectivity index (χ2n) is 6.23. The van der Waals surface area contributed by atoms with Gasteiger partial charge >= 0.3 is 0 Å². The van der Waals surface area contributed by atoms with Gasteiger partial charge in [-0.2, -0.15) is 0 Å². The number of nitro benzene ring substituents is 1. The van der Waals surface area contributed by atoms with Crippen molar-refractivity contribution >= 4 is 50.4 Å². The number of likely N-dealkylation sites (N-methyl/N-ethyl adjacent to an activating group) is 1. The van der Waals surface area contributed by atoms with Crippen LogP contribution in [-0.4, -0.2) is 29.4 Å². The van der Waals surface area contributed by atoms with Crippen molar-refractivity contribution in [1.29, 1.82) is 0 Å². The Morgan fingerprint density at radius 2 is 2.11 bits per heavy atom. The van der Waals surface area contributed by atoms with Crippen LogP contribution in [0.5, 0.6) is 0 Å². The second kappa shape index (κ2) is 7.99. The lowest BCUT2D eigenvalue weighted by atomic mass is 10.2. The number of nitrogens with zero attached hydrogens (tertiary/aromatic N) is 2. The Bertz CT molecular complexity index is 974. The molecule has 3 rings (SSSR count). The number of quaternary nitrogens is 1. The van der Waals surface area contributed by atoms with Gasteiger partial charge in [-0.1, -0.05) is 23.7 Å². The van der Waals surface area contributed by atoms with Gasteiger partial charge in [0.1, 0.15) is 11.7 Å². The molecule has 1 aromatic heterocycles. The van der Waals surface area contributed by atoms with Crippen LogP contribution in [0.1, 0.15) is 18.0 Å².